The van der Waals surface area contributed by atoms with Crippen molar-refractivity contribution in [2.24, 2.45) is 0 Å². The third kappa shape index (κ3) is 2.74. The van der Waals surface area contributed by atoms with Crippen LogP contribution < -0.4 is 15.3 Å². The van der Waals surface area contributed by atoms with E-state index in [9.17, 15) is 0 Å². The van der Waals surface area contributed by atoms with Gasteiger partial charge in [0.25, 0.3) is 0 Å². The number of rotatable bonds is 4. The summed E-state index contributed by atoms with van der Waals surface area (Å²) in [4.78, 5) is 8.47. The van der Waals surface area contributed by atoms with Crippen LogP contribution in [0.25, 0.3) is 10.8 Å². The molecule has 6 heteroatoms. The Balaban J connectivity index is 2.03. The third-order valence-corrected chi connectivity index (χ3v) is 3.14. The van der Waals surface area contributed by atoms with Crippen molar-refractivity contribution in [1.82, 2.24) is 9.97 Å². The summed E-state index contributed by atoms with van der Waals surface area (Å²) < 4.78 is 5.27. The van der Waals surface area contributed by atoms with Crippen LogP contribution in [0, 0.1) is 0 Å². The van der Waals surface area contributed by atoms with Gasteiger partial charge in [0, 0.05) is 29.5 Å². The predicted octanol–water partition coefficient (Wildman–Crippen LogP) is 2.88. The Morgan fingerprint density at radius 3 is 2.71 bits per heavy atom. The largest absolute Gasteiger partial charge is 0.497 e. The molecule has 0 amide bonds. The molecule has 3 aromatic rings. The van der Waals surface area contributed by atoms with Gasteiger partial charge in [-0.25, -0.2) is 9.97 Å². The number of nitrogens with zero attached hydrogens (tertiary/aromatic N) is 2. The standard InChI is InChI=1S/C15H13BN4O/c1-21-12-3-2-10-4-6-18-15(13(10)9-12)19-11-5-7-17-14(8-11)20-16/h2-9H,1H3,(H2,17,18,19,20). The summed E-state index contributed by atoms with van der Waals surface area (Å²) in [7, 11) is 7.01. The van der Waals surface area contributed by atoms with Gasteiger partial charge >= 0.3 is 0 Å². The minimum Gasteiger partial charge on any atom is -0.497 e. The Morgan fingerprint density at radius 1 is 1.05 bits per heavy atom. The van der Waals surface area contributed by atoms with Gasteiger partial charge in [-0.3, -0.25) is 0 Å². The molecule has 21 heavy (non-hydrogen) atoms. The Labute approximate surface area is 123 Å². The van der Waals surface area contributed by atoms with Crippen molar-refractivity contribution < 1.29 is 4.74 Å². The molecule has 2 aromatic heterocycles. The Morgan fingerprint density at radius 2 is 1.90 bits per heavy atom. The molecule has 0 fully saturated rings. The van der Waals surface area contributed by atoms with E-state index in [0.717, 1.165) is 28.0 Å². The molecular weight excluding hydrogens is 263 g/mol. The second kappa shape index (κ2) is 5.70. The number of anilines is 3. The van der Waals surface area contributed by atoms with Crippen LogP contribution in [-0.2, 0) is 0 Å². The lowest BCUT2D eigenvalue weighted by Gasteiger charge is -2.10. The fourth-order valence-electron chi connectivity index (χ4n) is 2.10. The van der Waals surface area contributed by atoms with Crippen molar-refractivity contribution in [3.63, 3.8) is 0 Å². The van der Waals surface area contributed by atoms with E-state index in [0.29, 0.717) is 5.82 Å². The van der Waals surface area contributed by atoms with Gasteiger partial charge in [-0.2, -0.15) is 0 Å². The number of benzene rings is 1. The minimum absolute atomic E-state index is 0.581. The Kier molecular flexibility index (Phi) is 3.60. The molecule has 0 bridgehead atoms. The quantitative estimate of drug-likeness (QED) is 0.717. The van der Waals surface area contributed by atoms with E-state index < -0.39 is 0 Å². The number of ether oxygens (including phenoxy) is 1. The first kappa shape index (κ1) is 13.2. The summed E-state index contributed by atoms with van der Waals surface area (Å²) in [5, 5.41) is 7.85. The summed E-state index contributed by atoms with van der Waals surface area (Å²) in [5.41, 5.74) is 0.848. The first-order valence-corrected chi connectivity index (χ1v) is 6.42. The molecule has 0 aliphatic carbocycles. The first-order chi connectivity index (χ1) is 10.3. The molecule has 1 aromatic carbocycles. The zero-order chi connectivity index (χ0) is 14.7. The van der Waals surface area contributed by atoms with Crippen LogP contribution in [0.4, 0.5) is 17.3 Å². The maximum Gasteiger partial charge on any atom is 0.224 e. The number of pyridine rings is 2. The van der Waals surface area contributed by atoms with Crippen molar-refractivity contribution in [3.8, 4) is 5.75 Å². The van der Waals surface area contributed by atoms with E-state index in [1.807, 2.05) is 30.3 Å². The second-order valence-electron chi connectivity index (χ2n) is 4.45. The molecule has 2 N–H and O–H groups in total. The van der Waals surface area contributed by atoms with Crippen molar-refractivity contribution >= 4 is 36.1 Å². The molecule has 0 saturated carbocycles. The normalized spacial score (nSPS) is 10.3. The molecule has 0 spiro atoms. The average Bonchev–Trinajstić information content (AvgIpc) is 2.55. The lowest BCUT2D eigenvalue weighted by atomic mass is 10.1. The average molecular weight is 276 g/mol. The molecule has 3 rings (SSSR count). The van der Waals surface area contributed by atoms with E-state index in [-0.39, 0.29) is 0 Å². The number of aromatic nitrogens is 2. The van der Waals surface area contributed by atoms with Gasteiger partial charge < -0.3 is 15.3 Å². The highest BCUT2D eigenvalue weighted by molar-refractivity contribution is 6.15. The summed E-state index contributed by atoms with van der Waals surface area (Å²) in [6.07, 6.45) is 3.43. The maximum absolute atomic E-state index is 5.37. The Bertz CT molecular complexity index is 778. The van der Waals surface area contributed by atoms with Crippen LogP contribution in [0.3, 0.4) is 0 Å². The van der Waals surface area contributed by atoms with E-state index >= 15 is 0 Å². The number of nitrogens with one attached hydrogen (secondary N) is 2. The number of hydrogen-bond acceptors (Lipinski definition) is 5. The molecule has 102 valence electrons. The van der Waals surface area contributed by atoms with E-state index in [2.05, 4.69) is 20.5 Å². The van der Waals surface area contributed by atoms with Crippen LogP contribution in [0.2, 0.25) is 0 Å². The van der Waals surface area contributed by atoms with Gasteiger partial charge in [-0.15, -0.1) is 0 Å². The molecule has 2 heterocycles. The third-order valence-electron chi connectivity index (χ3n) is 3.14. The van der Waals surface area contributed by atoms with Gasteiger partial charge in [-0.1, -0.05) is 6.07 Å². The molecule has 0 aliphatic rings. The van der Waals surface area contributed by atoms with E-state index in [4.69, 9.17) is 12.7 Å². The zero-order valence-electron chi connectivity index (χ0n) is 11.5. The monoisotopic (exact) mass is 276 g/mol. The van der Waals surface area contributed by atoms with E-state index in [1.165, 1.54) is 0 Å². The number of hydrogen-bond donors (Lipinski definition) is 2. The van der Waals surface area contributed by atoms with E-state index in [1.54, 1.807) is 25.6 Å². The van der Waals surface area contributed by atoms with Gasteiger partial charge in [0.05, 0.1) is 7.11 Å². The van der Waals surface area contributed by atoms with Crippen LogP contribution in [0.1, 0.15) is 0 Å². The Hall–Kier alpha value is -2.76. The van der Waals surface area contributed by atoms with Crippen LogP contribution in [0.5, 0.6) is 5.75 Å². The molecule has 0 aliphatic heterocycles. The van der Waals surface area contributed by atoms with Gasteiger partial charge in [0.2, 0.25) is 7.98 Å². The highest BCUT2D eigenvalue weighted by Crippen LogP contribution is 2.28. The lowest BCUT2D eigenvalue weighted by molar-refractivity contribution is 0.415. The van der Waals surface area contributed by atoms with Crippen LogP contribution >= 0.6 is 0 Å². The van der Waals surface area contributed by atoms with Crippen molar-refractivity contribution in [3.05, 3.63) is 48.8 Å². The molecule has 0 atom stereocenters. The van der Waals surface area contributed by atoms with Crippen molar-refractivity contribution in [2.45, 2.75) is 0 Å². The SMILES string of the molecule is [B]Nc1cc(Nc2nccc3ccc(OC)cc23)ccn1. The number of fused-ring (bicyclic) bond motifs is 1. The molecule has 5 nitrogen and oxygen atoms in total. The zero-order valence-corrected chi connectivity index (χ0v) is 11.5. The molecule has 2 radical (unpaired) electrons. The highest BCUT2D eigenvalue weighted by atomic mass is 16.5. The van der Waals surface area contributed by atoms with Crippen molar-refractivity contribution in [2.75, 3.05) is 17.7 Å². The van der Waals surface area contributed by atoms with Gasteiger partial charge in [-0.05, 0) is 29.7 Å². The topological polar surface area (TPSA) is 59.1 Å². The van der Waals surface area contributed by atoms with Gasteiger partial charge in [0.15, 0.2) is 0 Å². The van der Waals surface area contributed by atoms with Crippen molar-refractivity contribution in [1.29, 1.82) is 0 Å². The highest BCUT2D eigenvalue weighted by Gasteiger charge is 2.05. The predicted molar refractivity (Wildman–Crippen MR) is 85.2 cm³/mol. The fourth-order valence-corrected chi connectivity index (χ4v) is 2.10. The first-order valence-electron chi connectivity index (χ1n) is 6.42. The lowest BCUT2D eigenvalue weighted by Crippen LogP contribution is -1.98. The summed E-state index contributed by atoms with van der Waals surface area (Å²) in [5.74, 6) is 2.12. The fraction of sp³-hybridized carbons (Fsp3) is 0.0667. The number of methoxy groups -OCH3 is 1. The van der Waals surface area contributed by atoms with Crippen LogP contribution in [0.15, 0.2) is 48.8 Å². The maximum atomic E-state index is 5.37. The molecular formula is C15H13BN4O. The molecule has 0 unspecified atom stereocenters. The minimum atomic E-state index is 0.581. The van der Waals surface area contributed by atoms with Crippen LogP contribution in [-0.4, -0.2) is 25.1 Å². The molecule has 0 saturated heterocycles. The summed E-state index contributed by atoms with van der Waals surface area (Å²) in [6, 6.07) is 11.5. The smallest absolute Gasteiger partial charge is 0.224 e. The summed E-state index contributed by atoms with van der Waals surface area (Å²) >= 11 is 0. The summed E-state index contributed by atoms with van der Waals surface area (Å²) in [6.45, 7) is 0. The second-order valence-corrected chi connectivity index (χ2v) is 4.45. The van der Waals surface area contributed by atoms with Gasteiger partial charge in [0.1, 0.15) is 17.4 Å².